The van der Waals surface area contributed by atoms with E-state index in [0.717, 1.165) is 6.07 Å². The third kappa shape index (κ3) is 5.71. The molecule has 1 aliphatic heterocycles. The van der Waals surface area contributed by atoms with E-state index in [0.29, 0.717) is 15.6 Å². The molecule has 0 spiro atoms. The molecule has 0 N–H and O–H groups in total. The molecular formula is C30H17Cl2N3O8. The first kappa shape index (κ1) is 29.1. The molecule has 0 aliphatic carbocycles. The minimum atomic E-state index is -1.16. The number of nitro benzene ring substituents is 1. The molecule has 4 aromatic carbocycles. The molecule has 0 radical (unpaired) electrons. The number of rotatable bonds is 8. The van der Waals surface area contributed by atoms with Crippen molar-refractivity contribution in [3.63, 3.8) is 0 Å². The number of imide groups is 1. The van der Waals surface area contributed by atoms with Gasteiger partial charge in [-0.15, -0.1) is 0 Å². The van der Waals surface area contributed by atoms with Crippen LogP contribution in [0, 0.1) is 10.1 Å². The maximum atomic E-state index is 13.7. The Kier molecular flexibility index (Phi) is 8.02. The third-order valence-electron chi connectivity index (χ3n) is 6.40. The number of carbonyl (C=O) groups is 5. The van der Waals surface area contributed by atoms with Gasteiger partial charge in [0, 0.05) is 17.2 Å². The number of halogens is 2. The summed E-state index contributed by atoms with van der Waals surface area (Å²) in [5, 5.41) is 12.7. The van der Waals surface area contributed by atoms with Gasteiger partial charge in [-0.3, -0.25) is 29.3 Å². The Bertz CT molecular complexity index is 1830. The average molecular weight is 618 g/mol. The van der Waals surface area contributed by atoms with Gasteiger partial charge in [0.1, 0.15) is 17.9 Å². The molecule has 0 aromatic heterocycles. The van der Waals surface area contributed by atoms with E-state index in [1.807, 2.05) is 0 Å². The molecule has 13 heteroatoms. The molecule has 0 saturated heterocycles. The van der Waals surface area contributed by atoms with E-state index in [9.17, 15) is 34.1 Å². The van der Waals surface area contributed by atoms with Crippen LogP contribution in [0.2, 0.25) is 10.0 Å². The number of esters is 1. The second-order valence-corrected chi connectivity index (χ2v) is 9.89. The summed E-state index contributed by atoms with van der Waals surface area (Å²) in [5.74, 6) is -4.35. The van der Waals surface area contributed by atoms with E-state index in [4.69, 9.17) is 27.9 Å². The number of benzene rings is 4. The van der Waals surface area contributed by atoms with Gasteiger partial charge in [0.25, 0.3) is 23.4 Å². The van der Waals surface area contributed by atoms with Crippen molar-refractivity contribution in [2.45, 2.75) is 0 Å². The van der Waals surface area contributed by atoms with Crippen LogP contribution in [0.4, 0.5) is 5.69 Å². The molecule has 1 heterocycles. The molecule has 3 amide bonds. The van der Waals surface area contributed by atoms with Gasteiger partial charge in [-0.25, -0.2) is 9.80 Å². The van der Waals surface area contributed by atoms with Gasteiger partial charge >= 0.3 is 5.97 Å². The highest BCUT2D eigenvalue weighted by molar-refractivity contribution is 6.42. The van der Waals surface area contributed by atoms with Gasteiger partial charge in [0.2, 0.25) is 0 Å². The molecule has 43 heavy (non-hydrogen) atoms. The second kappa shape index (κ2) is 11.8. The van der Waals surface area contributed by atoms with Crippen molar-refractivity contribution in [3.05, 3.63) is 139 Å². The maximum Gasteiger partial charge on any atom is 0.343 e. The number of fused-ring (bicyclic) bond motifs is 1. The van der Waals surface area contributed by atoms with Crippen LogP contribution in [0.1, 0.15) is 51.8 Å². The molecule has 0 fully saturated rings. The Labute approximate surface area is 252 Å². The van der Waals surface area contributed by atoms with Crippen LogP contribution in [-0.4, -0.2) is 51.0 Å². The average Bonchev–Trinajstić information content (AvgIpc) is 3.26. The zero-order valence-electron chi connectivity index (χ0n) is 21.7. The first-order chi connectivity index (χ1) is 20.6. The van der Waals surface area contributed by atoms with Crippen molar-refractivity contribution in [1.82, 2.24) is 10.0 Å². The largest absolute Gasteiger partial charge is 0.423 e. The molecule has 0 atom stereocenters. The van der Waals surface area contributed by atoms with Crippen LogP contribution < -0.4 is 4.74 Å². The van der Waals surface area contributed by atoms with Crippen LogP contribution in [-0.2, 0) is 0 Å². The van der Waals surface area contributed by atoms with E-state index in [-0.39, 0.29) is 32.5 Å². The fourth-order valence-electron chi connectivity index (χ4n) is 4.31. The van der Waals surface area contributed by atoms with E-state index in [1.54, 1.807) is 30.3 Å². The lowest BCUT2D eigenvalue weighted by Gasteiger charge is -2.29. The van der Waals surface area contributed by atoms with Crippen molar-refractivity contribution in [3.8, 4) is 5.75 Å². The smallest absolute Gasteiger partial charge is 0.343 e. The highest BCUT2D eigenvalue weighted by Gasteiger charge is 2.46. The van der Waals surface area contributed by atoms with E-state index in [1.165, 1.54) is 54.6 Å². The lowest BCUT2D eigenvalue weighted by Crippen LogP contribution is -2.51. The van der Waals surface area contributed by atoms with Gasteiger partial charge in [-0.1, -0.05) is 47.5 Å². The van der Waals surface area contributed by atoms with Gasteiger partial charge in [-0.2, -0.15) is 5.01 Å². The summed E-state index contributed by atoms with van der Waals surface area (Å²) in [6.45, 7) is -0.818. The number of hydrogen-bond acceptors (Lipinski definition) is 8. The summed E-state index contributed by atoms with van der Waals surface area (Å²) in [7, 11) is 0. The fraction of sp³-hybridized carbons (Fsp3) is 0.0333. The number of Topliss-reactive ketones (excluding diaryl/α,β-unsaturated/α-hetero) is 1. The number of hydrazine groups is 1. The summed E-state index contributed by atoms with van der Waals surface area (Å²) in [6, 6.07) is 20.9. The van der Waals surface area contributed by atoms with E-state index in [2.05, 4.69) is 0 Å². The highest BCUT2D eigenvalue weighted by atomic mass is 35.5. The van der Waals surface area contributed by atoms with Gasteiger partial charge in [-0.05, 0) is 60.7 Å². The number of ether oxygens (including phenoxy) is 1. The molecule has 11 nitrogen and oxygen atoms in total. The van der Waals surface area contributed by atoms with Crippen molar-refractivity contribution in [2.24, 2.45) is 0 Å². The molecule has 4 aromatic rings. The lowest BCUT2D eigenvalue weighted by atomic mass is 10.1. The number of hydrogen-bond donors (Lipinski definition) is 0. The van der Waals surface area contributed by atoms with Crippen molar-refractivity contribution < 1.29 is 33.6 Å². The zero-order valence-corrected chi connectivity index (χ0v) is 23.2. The van der Waals surface area contributed by atoms with Crippen LogP contribution in [0.25, 0.3) is 0 Å². The van der Waals surface area contributed by atoms with Gasteiger partial charge in [0.15, 0.2) is 5.78 Å². The number of ketones is 1. The number of nitrogens with zero attached hydrogens (tertiary/aromatic N) is 3. The highest BCUT2D eigenvalue weighted by Crippen LogP contribution is 2.33. The van der Waals surface area contributed by atoms with Crippen molar-refractivity contribution in [2.75, 3.05) is 6.54 Å². The van der Waals surface area contributed by atoms with Crippen LogP contribution in [0.15, 0.2) is 91.0 Å². The van der Waals surface area contributed by atoms with Crippen LogP contribution in [0.5, 0.6) is 5.75 Å². The number of nitro groups is 1. The quantitative estimate of drug-likeness (QED) is 0.0615. The fourth-order valence-corrected chi connectivity index (χ4v) is 4.61. The standard InChI is InChI=1S/C30H17Cl2N3O8/c31-22-14-11-19(15-23(22)32)27(37)33(34-28(38)21-7-4-8-24(35(41)42)26(21)29(34)39)16-25(36)17-9-12-20(13-10-17)43-30(40)18-5-2-1-3-6-18/h1-15H,16H2. The van der Waals surface area contributed by atoms with Gasteiger partial charge in [0.05, 0.1) is 26.1 Å². The zero-order chi connectivity index (χ0) is 30.8. The Morgan fingerprint density at radius 1 is 0.791 bits per heavy atom. The number of carbonyl (C=O) groups excluding carboxylic acids is 5. The Morgan fingerprint density at radius 3 is 2.12 bits per heavy atom. The molecule has 0 saturated carbocycles. The first-order valence-corrected chi connectivity index (χ1v) is 13.2. The Balaban J connectivity index is 1.45. The lowest BCUT2D eigenvalue weighted by molar-refractivity contribution is -0.385. The summed E-state index contributed by atoms with van der Waals surface area (Å²) >= 11 is 12.0. The third-order valence-corrected chi connectivity index (χ3v) is 7.14. The molecular weight excluding hydrogens is 601 g/mol. The molecule has 1 aliphatic rings. The topological polar surface area (TPSA) is 144 Å². The monoisotopic (exact) mass is 617 g/mol. The van der Waals surface area contributed by atoms with E-state index < -0.39 is 52.2 Å². The van der Waals surface area contributed by atoms with E-state index >= 15 is 0 Å². The summed E-state index contributed by atoms with van der Waals surface area (Å²) in [6.07, 6.45) is 0. The minimum Gasteiger partial charge on any atom is -0.423 e. The second-order valence-electron chi connectivity index (χ2n) is 9.07. The molecule has 5 rings (SSSR count). The molecule has 214 valence electrons. The molecule has 0 unspecified atom stereocenters. The predicted molar refractivity (Wildman–Crippen MR) is 153 cm³/mol. The summed E-state index contributed by atoms with van der Waals surface area (Å²) in [5.41, 5.74) is -1.19. The van der Waals surface area contributed by atoms with Crippen LogP contribution in [0.3, 0.4) is 0 Å². The Morgan fingerprint density at radius 2 is 1.47 bits per heavy atom. The number of amides is 3. The van der Waals surface area contributed by atoms with Crippen LogP contribution >= 0.6 is 23.2 Å². The summed E-state index contributed by atoms with van der Waals surface area (Å²) < 4.78 is 5.32. The van der Waals surface area contributed by atoms with Gasteiger partial charge < -0.3 is 4.74 Å². The molecule has 0 bridgehead atoms. The summed E-state index contributed by atoms with van der Waals surface area (Å²) in [4.78, 5) is 76.9. The SMILES string of the molecule is O=C(CN(C(=O)c1ccc(Cl)c(Cl)c1)N1C(=O)c2cccc([N+](=O)[O-])c2C1=O)c1ccc(OC(=O)c2ccccc2)cc1. The van der Waals surface area contributed by atoms with Crippen molar-refractivity contribution >= 4 is 58.4 Å². The predicted octanol–water partition coefficient (Wildman–Crippen LogP) is 5.66. The Hall–Kier alpha value is -5.39. The normalized spacial score (nSPS) is 12.1. The minimum absolute atomic E-state index is 0.00238. The van der Waals surface area contributed by atoms with Crippen molar-refractivity contribution in [1.29, 1.82) is 0 Å². The first-order valence-electron chi connectivity index (χ1n) is 12.4. The maximum absolute atomic E-state index is 13.7.